The van der Waals surface area contributed by atoms with Crippen molar-refractivity contribution >= 4 is 11.8 Å². The molecule has 2 heterocycles. The topological polar surface area (TPSA) is 381 Å². The van der Waals surface area contributed by atoms with Crippen molar-refractivity contribution in [2.24, 2.45) is 22.9 Å². The maximum absolute atomic E-state index is 12.7. The standard InChI is InChI=1S/C26H50N6O15/c27-3-1-10(34)23(42)31-6-12-16(37)18(39)19(40)26(44-12)46-21-8(29)5-9(32-24(43)11(35)2-4-28)22(20(21)41)47-25-17(38)14(30)15(36)13(7-33)45-25/h8-22,25-26,33-41H,1-7,27-30H2,(H,31,42)(H,32,43)/t8-,9?,10+,11+,12?,13?,14?,15+,16+,17?,18?,19?,20?,21?,22-,25+,26+/m0/s1. The van der Waals surface area contributed by atoms with Crippen LogP contribution in [0.25, 0.3) is 0 Å². The summed E-state index contributed by atoms with van der Waals surface area (Å²) in [6, 6.07) is -3.66. The number of ether oxygens (including phenoxy) is 4. The normalized spacial score (nSPS) is 42.4. The maximum Gasteiger partial charge on any atom is 0.249 e. The minimum Gasteiger partial charge on any atom is -0.394 e. The van der Waals surface area contributed by atoms with Crippen molar-refractivity contribution in [3.8, 4) is 0 Å². The third-order valence-corrected chi connectivity index (χ3v) is 8.50. The third-order valence-electron chi connectivity index (χ3n) is 8.50. The van der Waals surface area contributed by atoms with Gasteiger partial charge in [0.15, 0.2) is 12.6 Å². The molecule has 2 saturated heterocycles. The minimum atomic E-state index is -1.89. The van der Waals surface area contributed by atoms with Gasteiger partial charge < -0.3 is 98.5 Å². The Morgan fingerprint density at radius 2 is 1.30 bits per heavy atom. The number of aliphatic hydroxyl groups excluding tert-OH is 9. The molecule has 2 aliphatic heterocycles. The van der Waals surface area contributed by atoms with Gasteiger partial charge in [0.05, 0.1) is 18.7 Å². The lowest BCUT2D eigenvalue weighted by Crippen LogP contribution is -2.69. The van der Waals surface area contributed by atoms with E-state index >= 15 is 0 Å². The van der Waals surface area contributed by atoms with E-state index in [-0.39, 0.29) is 32.4 Å². The first-order chi connectivity index (χ1) is 22.2. The number of carbonyl (C=O) groups excluding carboxylic acids is 2. The Kier molecular flexibility index (Phi) is 15.0. The third kappa shape index (κ3) is 9.49. The maximum atomic E-state index is 12.7. The molecule has 21 nitrogen and oxygen atoms in total. The molecule has 9 unspecified atom stereocenters. The number of carbonyl (C=O) groups is 2. The predicted octanol–water partition coefficient (Wildman–Crippen LogP) is -9.56. The van der Waals surface area contributed by atoms with Gasteiger partial charge in [-0.2, -0.15) is 0 Å². The van der Waals surface area contributed by atoms with Crippen LogP contribution in [0.5, 0.6) is 0 Å². The molecule has 0 aromatic carbocycles. The lowest BCUT2D eigenvalue weighted by Gasteiger charge is -2.49. The number of nitrogens with one attached hydrogen (secondary N) is 2. The smallest absolute Gasteiger partial charge is 0.249 e. The summed E-state index contributed by atoms with van der Waals surface area (Å²) >= 11 is 0. The highest BCUT2D eigenvalue weighted by molar-refractivity contribution is 5.81. The van der Waals surface area contributed by atoms with E-state index in [2.05, 4.69) is 10.6 Å². The molecule has 1 aliphatic carbocycles. The van der Waals surface area contributed by atoms with Crippen molar-refractivity contribution in [2.45, 2.75) is 123 Å². The second-order valence-electron chi connectivity index (χ2n) is 11.9. The number of nitrogens with two attached hydrogens (primary N) is 4. The van der Waals surface area contributed by atoms with E-state index in [0.717, 1.165) is 0 Å². The molecule has 0 aromatic rings. The fourth-order valence-corrected chi connectivity index (χ4v) is 5.65. The molecule has 3 rings (SSSR count). The average molecular weight is 687 g/mol. The van der Waals surface area contributed by atoms with Crippen molar-refractivity contribution in [1.29, 1.82) is 0 Å². The van der Waals surface area contributed by atoms with E-state index < -0.39 is 129 Å². The van der Waals surface area contributed by atoms with Crippen molar-refractivity contribution in [2.75, 3.05) is 26.2 Å². The van der Waals surface area contributed by atoms with Crippen molar-refractivity contribution < 1.29 is 74.5 Å². The summed E-state index contributed by atoms with van der Waals surface area (Å²) in [5.41, 5.74) is 23.0. The summed E-state index contributed by atoms with van der Waals surface area (Å²) in [7, 11) is 0. The zero-order chi connectivity index (χ0) is 35.2. The van der Waals surface area contributed by atoms with Gasteiger partial charge in [-0.15, -0.1) is 0 Å². The minimum absolute atomic E-state index is 0.0219. The highest BCUT2D eigenvalue weighted by Gasteiger charge is 2.52. The second kappa shape index (κ2) is 17.8. The van der Waals surface area contributed by atoms with Crippen LogP contribution in [0.4, 0.5) is 0 Å². The van der Waals surface area contributed by atoms with Gasteiger partial charge in [0.25, 0.3) is 0 Å². The van der Waals surface area contributed by atoms with Crippen LogP contribution in [-0.4, -0.2) is 188 Å². The van der Waals surface area contributed by atoms with Crippen LogP contribution in [0.1, 0.15) is 19.3 Å². The van der Waals surface area contributed by atoms with Crippen LogP contribution in [0.3, 0.4) is 0 Å². The van der Waals surface area contributed by atoms with E-state index in [4.69, 9.17) is 41.9 Å². The van der Waals surface area contributed by atoms with Crippen molar-refractivity contribution in [1.82, 2.24) is 10.6 Å². The predicted molar refractivity (Wildman–Crippen MR) is 155 cm³/mol. The molecular weight excluding hydrogens is 636 g/mol. The van der Waals surface area contributed by atoms with Crippen molar-refractivity contribution in [3.63, 3.8) is 0 Å². The molecule has 19 N–H and O–H groups in total. The fraction of sp³-hybridized carbons (Fsp3) is 0.923. The Bertz CT molecular complexity index is 1000. The van der Waals surface area contributed by atoms with Gasteiger partial charge in [0.1, 0.15) is 73.2 Å². The molecule has 1 saturated carbocycles. The number of amides is 2. The summed E-state index contributed by atoms with van der Waals surface area (Å²) in [4.78, 5) is 24.8. The van der Waals surface area contributed by atoms with Gasteiger partial charge in [-0.05, 0) is 32.4 Å². The quantitative estimate of drug-likeness (QED) is 0.0806. The Balaban J connectivity index is 1.82. The largest absolute Gasteiger partial charge is 0.394 e. The second-order valence-corrected chi connectivity index (χ2v) is 11.9. The molecule has 3 aliphatic rings. The Hall–Kier alpha value is -1.74. The summed E-state index contributed by atoms with van der Waals surface area (Å²) in [6.45, 7) is -1.15. The number of hydrogen-bond acceptors (Lipinski definition) is 19. The van der Waals surface area contributed by atoms with E-state index in [9.17, 15) is 55.5 Å². The summed E-state index contributed by atoms with van der Waals surface area (Å²) in [6.07, 6.45) is -22.9. The molecule has 21 heteroatoms. The highest BCUT2D eigenvalue weighted by Crippen LogP contribution is 2.32. The number of hydrogen-bond donors (Lipinski definition) is 15. The van der Waals surface area contributed by atoms with Gasteiger partial charge in [0, 0.05) is 12.6 Å². The zero-order valence-corrected chi connectivity index (χ0v) is 25.5. The van der Waals surface area contributed by atoms with Gasteiger partial charge in [0.2, 0.25) is 11.8 Å². The zero-order valence-electron chi connectivity index (χ0n) is 25.5. The van der Waals surface area contributed by atoms with Crippen LogP contribution in [0.2, 0.25) is 0 Å². The van der Waals surface area contributed by atoms with Crippen LogP contribution in [-0.2, 0) is 28.5 Å². The molecule has 0 aromatic heterocycles. The summed E-state index contributed by atoms with van der Waals surface area (Å²) in [5.74, 6) is -1.72. The lowest BCUT2D eigenvalue weighted by atomic mass is 9.83. The SMILES string of the molecule is NCC[C@@H](O)C(=O)NCC1O[C@H](OC2C(O)[C@@H](O[C@H]3OC(CO)[C@@H](O)C(N)C3O)C(NC(=O)[C@H](O)CCN)C[C@@H]2N)C(O)C(O)[C@@H]1O. The average Bonchev–Trinajstić information content (AvgIpc) is 3.03. The Morgan fingerprint density at radius 3 is 1.89 bits per heavy atom. The molecule has 0 bridgehead atoms. The molecule has 3 fully saturated rings. The van der Waals surface area contributed by atoms with E-state index in [1.807, 2.05) is 0 Å². The monoisotopic (exact) mass is 686 g/mol. The van der Waals surface area contributed by atoms with Gasteiger partial charge >= 0.3 is 0 Å². The van der Waals surface area contributed by atoms with Crippen molar-refractivity contribution in [3.05, 3.63) is 0 Å². The van der Waals surface area contributed by atoms with Crippen LogP contribution in [0.15, 0.2) is 0 Å². The van der Waals surface area contributed by atoms with Crippen LogP contribution in [0, 0.1) is 0 Å². The van der Waals surface area contributed by atoms with E-state index in [1.54, 1.807) is 0 Å². The highest BCUT2D eigenvalue weighted by atomic mass is 16.7. The van der Waals surface area contributed by atoms with E-state index in [0.29, 0.717) is 0 Å². The first-order valence-corrected chi connectivity index (χ1v) is 15.3. The van der Waals surface area contributed by atoms with E-state index in [1.165, 1.54) is 0 Å². The molecule has 17 atom stereocenters. The summed E-state index contributed by atoms with van der Waals surface area (Å²) < 4.78 is 22.8. The van der Waals surface area contributed by atoms with Gasteiger partial charge in [-0.25, -0.2) is 0 Å². The molecule has 47 heavy (non-hydrogen) atoms. The molecule has 2 amide bonds. The van der Waals surface area contributed by atoms with Crippen LogP contribution < -0.4 is 33.6 Å². The summed E-state index contributed by atoms with van der Waals surface area (Å²) in [5, 5.41) is 98.4. The number of aliphatic hydroxyl groups is 9. The fourth-order valence-electron chi connectivity index (χ4n) is 5.65. The molecule has 274 valence electrons. The first kappa shape index (κ1) is 39.7. The Morgan fingerprint density at radius 1 is 0.745 bits per heavy atom. The van der Waals surface area contributed by atoms with Crippen LogP contribution >= 0.6 is 0 Å². The number of rotatable bonds is 14. The Labute approximate surface area is 269 Å². The van der Waals surface area contributed by atoms with Gasteiger partial charge in [-0.1, -0.05) is 0 Å². The molecule has 0 spiro atoms. The van der Waals surface area contributed by atoms with Gasteiger partial charge in [-0.3, -0.25) is 9.59 Å². The molecular formula is C26H50N6O15. The first-order valence-electron chi connectivity index (χ1n) is 15.3. The lowest BCUT2D eigenvalue weighted by molar-refractivity contribution is -0.333. The molecule has 0 radical (unpaired) electrons.